The SMILES string of the molecule is CC.CN.CN1CCOCC1.c1nn[nH]n1. The molecule has 2 rings (SSSR count). The van der Waals surface area contributed by atoms with E-state index in [0.717, 1.165) is 26.3 Å². The number of aromatic nitrogens is 4. The van der Waals surface area contributed by atoms with Crippen LogP contribution in [0.2, 0.25) is 0 Å². The van der Waals surface area contributed by atoms with Gasteiger partial charge < -0.3 is 15.4 Å². The van der Waals surface area contributed by atoms with E-state index in [4.69, 9.17) is 4.74 Å². The smallest absolute Gasteiger partial charge is 0.161 e. The molecule has 1 aromatic heterocycles. The largest absolute Gasteiger partial charge is 0.379 e. The maximum Gasteiger partial charge on any atom is 0.161 e. The van der Waals surface area contributed by atoms with Crippen LogP contribution in [0.25, 0.3) is 0 Å². The number of H-pyrrole nitrogens is 1. The molecule has 0 unspecified atom stereocenters. The van der Waals surface area contributed by atoms with E-state index in [1.165, 1.54) is 13.4 Å². The Labute approximate surface area is 97.3 Å². The van der Waals surface area contributed by atoms with Gasteiger partial charge in [-0.2, -0.15) is 5.21 Å². The summed E-state index contributed by atoms with van der Waals surface area (Å²) < 4.78 is 5.10. The number of ether oxygens (including phenoxy) is 1. The van der Waals surface area contributed by atoms with Crippen LogP contribution in [0.3, 0.4) is 0 Å². The van der Waals surface area contributed by atoms with Crippen LogP contribution in [0.1, 0.15) is 13.8 Å². The lowest BCUT2D eigenvalue weighted by atomic mass is 10.5. The third-order valence-electron chi connectivity index (χ3n) is 1.50. The van der Waals surface area contributed by atoms with E-state index in [1.54, 1.807) is 0 Å². The van der Waals surface area contributed by atoms with Crippen molar-refractivity contribution in [3.63, 3.8) is 0 Å². The Morgan fingerprint density at radius 3 is 2.00 bits per heavy atom. The molecule has 96 valence electrons. The number of nitrogens with two attached hydrogens (primary N) is 1. The fourth-order valence-electron chi connectivity index (χ4n) is 0.784. The molecule has 0 aliphatic carbocycles. The van der Waals surface area contributed by atoms with Crippen molar-refractivity contribution in [1.29, 1.82) is 0 Å². The van der Waals surface area contributed by atoms with Crippen molar-refractivity contribution in [2.75, 3.05) is 40.4 Å². The van der Waals surface area contributed by atoms with Gasteiger partial charge in [-0.15, -0.1) is 10.2 Å². The number of nitrogens with zero attached hydrogens (tertiary/aromatic N) is 4. The molecular formula is C9H24N6O. The average Bonchev–Trinajstić information content (AvgIpc) is 2.94. The van der Waals surface area contributed by atoms with Gasteiger partial charge in [0.1, 0.15) is 0 Å². The molecule has 7 heteroatoms. The molecular weight excluding hydrogens is 208 g/mol. The third kappa shape index (κ3) is 12.9. The lowest BCUT2D eigenvalue weighted by molar-refractivity contribution is 0.0503. The molecule has 0 radical (unpaired) electrons. The van der Waals surface area contributed by atoms with Crippen molar-refractivity contribution >= 4 is 0 Å². The van der Waals surface area contributed by atoms with Gasteiger partial charge in [-0.3, -0.25) is 0 Å². The van der Waals surface area contributed by atoms with Crippen LogP contribution in [0.4, 0.5) is 0 Å². The molecule has 0 atom stereocenters. The Kier molecular flexibility index (Phi) is 17.8. The molecule has 7 nitrogen and oxygen atoms in total. The standard InChI is InChI=1S/C5H11NO.C2H6.CH2N4.CH5N/c1-6-2-4-7-5-3-6;1-2;1-2-4-5-3-1;1-2/h2-5H2,1H3;1-2H3;1H,(H,2,3,4,5);2H2,1H3. The highest BCUT2D eigenvalue weighted by Gasteiger charge is 2.02. The van der Waals surface area contributed by atoms with E-state index in [0.29, 0.717) is 0 Å². The molecule has 1 aromatic rings. The minimum atomic E-state index is 0.913. The molecule has 0 bridgehead atoms. The molecule has 0 saturated carbocycles. The minimum Gasteiger partial charge on any atom is -0.379 e. The van der Waals surface area contributed by atoms with E-state index >= 15 is 0 Å². The van der Waals surface area contributed by atoms with Gasteiger partial charge in [0.2, 0.25) is 0 Å². The first-order valence-electron chi connectivity index (χ1n) is 5.40. The number of tetrazole rings is 1. The highest BCUT2D eigenvalue weighted by Crippen LogP contribution is 1.89. The molecule has 1 saturated heterocycles. The van der Waals surface area contributed by atoms with Gasteiger partial charge in [0.05, 0.1) is 13.2 Å². The summed E-state index contributed by atoms with van der Waals surface area (Å²) in [6, 6.07) is 0. The van der Waals surface area contributed by atoms with Crippen molar-refractivity contribution in [2.24, 2.45) is 5.73 Å². The molecule has 1 fully saturated rings. The number of hydrogen-bond donors (Lipinski definition) is 2. The second-order valence-corrected chi connectivity index (χ2v) is 2.48. The van der Waals surface area contributed by atoms with Crippen LogP contribution in [0.5, 0.6) is 0 Å². The fourth-order valence-corrected chi connectivity index (χ4v) is 0.784. The zero-order valence-electron chi connectivity index (χ0n) is 10.7. The second-order valence-electron chi connectivity index (χ2n) is 2.48. The normalized spacial score (nSPS) is 14.3. The lowest BCUT2D eigenvalue weighted by Gasteiger charge is -2.21. The predicted octanol–water partition coefficient (Wildman–Crippen LogP) is -0.251. The lowest BCUT2D eigenvalue weighted by Crippen LogP contribution is -2.32. The Bertz CT molecular complexity index is 159. The number of aromatic amines is 1. The molecule has 1 aliphatic heterocycles. The van der Waals surface area contributed by atoms with Crippen molar-refractivity contribution in [3.05, 3.63) is 6.33 Å². The quantitative estimate of drug-likeness (QED) is 0.640. The summed E-state index contributed by atoms with van der Waals surface area (Å²) in [6.07, 6.45) is 1.33. The van der Waals surface area contributed by atoms with Crippen LogP contribution >= 0.6 is 0 Å². The summed E-state index contributed by atoms with van der Waals surface area (Å²) in [6.45, 7) is 8.02. The molecule has 1 aliphatic rings. The maximum atomic E-state index is 5.10. The van der Waals surface area contributed by atoms with Gasteiger partial charge in [0, 0.05) is 13.1 Å². The molecule has 0 amide bonds. The highest BCUT2D eigenvalue weighted by molar-refractivity contribution is 4.53. The van der Waals surface area contributed by atoms with Crippen molar-refractivity contribution < 1.29 is 4.74 Å². The zero-order chi connectivity index (χ0) is 12.6. The van der Waals surface area contributed by atoms with Crippen molar-refractivity contribution in [2.45, 2.75) is 13.8 Å². The van der Waals surface area contributed by atoms with Crippen molar-refractivity contribution in [1.82, 2.24) is 25.5 Å². The van der Waals surface area contributed by atoms with Gasteiger partial charge >= 0.3 is 0 Å². The summed E-state index contributed by atoms with van der Waals surface area (Å²) in [5.74, 6) is 0. The minimum absolute atomic E-state index is 0.913. The first-order valence-corrected chi connectivity index (χ1v) is 5.40. The summed E-state index contributed by atoms with van der Waals surface area (Å²) in [5, 5.41) is 12.2. The zero-order valence-corrected chi connectivity index (χ0v) is 10.7. The maximum absolute atomic E-state index is 5.10. The van der Waals surface area contributed by atoms with E-state index in [2.05, 4.69) is 38.3 Å². The molecule has 16 heavy (non-hydrogen) atoms. The summed E-state index contributed by atoms with van der Waals surface area (Å²) in [5.41, 5.74) is 4.50. The second kappa shape index (κ2) is 16.4. The van der Waals surface area contributed by atoms with Gasteiger partial charge in [-0.05, 0) is 14.1 Å². The van der Waals surface area contributed by atoms with E-state index in [9.17, 15) is 0 Å². The first-order chi connectivity index (χ1) is 7.89. The highest BCUT2D eigenvalue weighted by atomic mass is 16.5. The van der Waals surface area contributed by atoms with Gasteiger partial charge in [-0.1, -0.05) is 19.1 Å². The first kappa shape index (κ1) is 17.3. The Morgan fingerprint density at radius 2 is 1.81 bits per heavy atom. The van der Waals surface area contributed by atoms with Crippen LogP contribution in [0, 0.1) is 0 Å². The van der Waals surface area contributed by atoms with Crippen LogP contribution in [0.15, 0.2) is 6.33 Å². The topological polar surface area (TPSA) is 93.0 Å². The predicted molar refractivity (Wildman–Crippen MR) is 64.0 cm³/mol. The Balaban J connectivity index is 0. The number of hydrogen-bond acceptors (Lipinski definition) is 6. The fraction of sp³-hybridized carbons (Fsp3) is 0.889. The van der Waals surface area contributed by atoms with Crippen LogP contribution in [-0.2, 0) is 4.74 Å². The molecule has 2 heterocycles. The van der Waals surface area contributed by atoms with E-state index in [-0.39, 0.29) is 0 Å². The van der Waals surface area contributed by atoms with Gasteiger partial charge in [-0.25, -0.2) is 0 Å². The molecule has 0 aromatic carbocycles. The Hall–Kier alpha value is -1.05. The molecule has 0 spiro atoms. The van der Waals surface area contributed by atoms with Gasteiger partial charge in [0.15, 0.2) is 6.33 Å². The van der Waals surface area contributed by atoms with E-state index < -0.39 is 0 Å². The Morgan fingerprint density at radius 1 is 1.25 bits per heavy atom. The van der Waals surface area contributed by atoms with E-state index in [1.807, 2.05) is 13.8 Å². The summed E-state index contributed by atoms with van der Waals surface area (Å²) >= 11 is 0. The number of morpholine rings is 1. The summed E-state index contributed by atoms with van der Waals surface area (Å²) in [7, 11) is 3.61. The third-order valence-corrected chi connectivity index (χ3v) is 1.50. The number of nitrogens with one attached hydrogen (secondary N) is 1. The van der Waals surface area contributed by atoms with Crippen LogP contribution < -0.4 is 5.73 Å². The monoisotopic (exact) mass is 232 g/mol. The summed E-state index contributed by atoms with van der Waals surface area (Å²) in [4.78, 5) is 2.27. The number of rotatable bonds is 0. The van der Waals surface area contributed by atoms with Crippen LogP contribution in [-0.4, -0.2) is 65.9 Å². The average molecular weight is 232 g/mol. The molecule has 3 N–H and O–H groups in total. The van der Waals surface area contributed by atoms with Gasteiger partial charge in [0.25, 0.3) is 0 Å². The number of likely N-dealkylation sites (N-methyl/N-ethyl adjacent to an activating group) is 1. The van der Waals surface area contributed by atoms with Crippen molar-refractivity contribution in [3.8, 4) is 0 Å².